The van der Waals surface area contributed by atoms with Crippen LogP contribution in [0, 0.1) is 0 Å². The second-order valence-corrected chi connectivity index (χ2v) is 9.63. The topological polar surface area (TPSA) is 122 Å². The van der Waals surface area contributed by atoms with Gasteiger partial charge in [-0.2, -0.15) is 0 Å². The normalized spacial score (nSPS) is 24.8. The lowest BCUT2D eigenvalue weighted by Gasteiger charge is -2.37. The van der Waals surface area contributed by atoms with Crippen LogP contribution in [-0.4, -0.2) is 67.5 Å². The van der Waals surface area contributed by atoms with Gasteiger partial charge < -0.3 is 39.6 Å². The molecular weight excluding hydrogens is 478 g/mol. The Morgan fingerprint density at radius 2 is 1.76 bits per heavy atom. The van der Waals surface area contributed by atoms with E-state index in [1.54, 1.807) is 33.0 Å². The van der Waals surface area contributed by atoms with Crippen molar-refractivity contribution < 1.29 is 33.3 Å². The van der Waals surface area contributed by atoms with Gasteiger partial charge in [-0.25, -0.2) is 4.79 Å². The maximum absolute atomic E-state index is 13.6. The molecule has 37 heavy (non-hydrogen) atoms. The minimum Gasteiger partial charge on any atom is -0.497 e. The number of amides is 3. The summed E-state index contributed by atoms with van der Waals surface area (Å²) in [5.74, 6) is -0.717. The van der Waals surface area contributed by atoms with Gasteiger partial charge in [-0.3, -0.25) is 4.79 Å². The van der Waals surface area contributed by atoms with Crippen molar-refractivity contribution in [3.05, 3.63) is 65.7 Å². The zero-order valence-corrected chi connectivity index (χ0v) is 21.6. The molecule has 2 aliphatic heterocycles. The number of methoxy groups -OCH3 is 2. The first-order chi connectivity index (χ1) is 17.7. The van der Waals surface area contributed by atoms with E-state index in [0.29, 0.717) is 12.3 Å². The van der Waals surface area contributed by atoms with Crippen molar-refractivity contribution in [1.29, 1.82) is 0 Å². The zero-order chi connectivity index (χ0) is 26.6. The van der Waals surface area contributed by atoms with E-state index in [-0.39, 0.29) is 19.0 Å². The Labute approximate surface area is 216 Å². The van der Waals surface area contributed by atoms with Crippen molar-refractivity contribution in [3.8, 4) is 5.75 Å². The van der Waals surface area contributed by atoms with Crippen molar-refractivity contribution in [2.45, 2.75) is 69.8 Å². The fourth-order valence-corrected chi connectivity index (χ4v) is 4.83. The highest BCUT2D eigenvalue weighted by Crippen LogP contribution is 2.41. The van der Waals surface area contributed by atoms with Gasteiger partial charge in [0.15, 0.2) is 12.1 Å². The number of nitrogens with one attached hydrogen (secondary N) is 1. The molecule has 10 nitrogen and oxygen atoms in total. The van der Waals surface area contributed by atoms with Crippen LogP contribution in [0.1, 0.15) is 31.4 Å². The summed E-state index contributed by atoms with van der Waals surface area (Å²) in [5, 5.41) is 2.97. The predicted molar refractivity (Wildman–Crippen MR) is 134 cm³/mol. The fraction of sp³-hybridized carbons (Fsp3) is 0.481. The van der Waals surface area contributed by atoms with Gasteiger partial charge in [0.2, 0.25) is 5.91 Å². The molecule has 200 valence electrons. The molecule has 2 saturated heterocycles. The Morgan fingerprint density at radius 3 is 2.38 bits per heavy atom. The van der Waals surface area contributed by atoms with E-state index < -0.39 is 42.3 Å². The number of benzene rings is 2. The largest absolute Gasteiger partial charge is 0.497 e. The molecule has 5 atom stereocenters. The number of carbonyl (C=O) groups is 2. The number of urea groups is 1. The van der Waals surface area contributed by atoms with Crippen molar-refractivity contribution >= 4 is 11.9 Å². The molecule has 2 aromatic carbocycles. The Balaban J connectivity index is 1.63. The number of rotatable bonds is 10. The number of fused-ring (bicyclic) bond motifs is 1. The van der Waals surface area contributed by atoms with Crippen molar-refractivity contribution in [2.75, 3.05) is 14.2 Å². The molecule has 0 spiro atoms. The van der Waals surface area contributed by atoms with Crippen LogP contribution in [0.3, 0.4) is 0 Å². The van der Waals surface area contributed by atoms with Gasteiger partial charge in [0.05, 0.1) is 13.2 Å². The van der Waals surface area contributed by atoms with E-state index in [2.05, 4.69) is 5.32 Å². The standard InChI is InChI=1S/C27H35N3O7/c1-27(2)36-24-23(34-4)22(35-25(24)37-27)20(14-21(28)31)30(16-18-10-12-19(33-3)13-11-18)26(32)29-15-17-8-6-5-7-9-17/h5-13,20,22-25H,14-16H2,1-4H3,(H2,28,31)(H,29,32)/t20-,22+,23-,24+,25+/m0/s1. The molecule has 4 rings (SSSR count). The van der Waals surface area contributed by atoms with E-state index in [4.69, 9.17) is 29.4 Å². The highest BCUT2D eigenvalue weighted by atomic mass is 16.8. The summed E-state index contributed by atoms with van der Waals surface area (Å²) in [6, 6.07) is 15.8. The Bertz CT molecular complexity index is 1060. The first-order valence-electron chi connectivity index (χ1n) is 12.2. The minimum absolute atomic E-state index is 0.137. The Hall–Kier alpha value is -3.18. The van der Waals surface area contributed by atoms with Crippen LogP contribution in [0.15, 0.2) is 54.6 Å². The average Bonchev–Trinajstić information content (AvgIpc) is 3.36. The molecule has 3 N–H and O–H groups in total. The summed E-state index contributed by atoms with van der Waals surface area (Å²) in [6.07, 6.45) is -2.66. The second kappa shape index (κ2) is 11.5. The molecule has 0 aliphatic carbocycles. The van der Waals surface area contributed by atoms with Gasteiger partial charge in [-0.1, -0.05) is 42.5 Å². The molecule has 0 saturated carbocycles. The van der Waals surface area contributed by atoms with Crippen LogP contribution in [-0.2, 0) is 36.8 Å². The summed E-state index contributed by atoms with van der Waals surface area (Å²) in [7, 11) is 3.13. The lowest BCUT2D eigenvalue weighted by molar-refractivity contribution is -0.223. The van der Waals surface area contributed by atoms with Crippen LogP contribution in [0.5, 0.6) is 5.75 Å². The molecule has 0 radical (unpaired) electrons. The molecule has 0 aromatic heterocycles. The van der Waals surface area contributed by atoms with Crippen molar-refractivity contribution in [1.82, 2.24) is 10.2 Å². The summed E-state index contributed by atoms with van der Waals surface area (Å²) in [5.41, 5.74) is 7.45. The Kier molecular flexibility index (Phi) is 8.33. The maximum Gasteiger partial charge on any atom is 0.318 e. The highest BCUT2D eigenvalue weighted by Gasteiger charge is 2.58. The fourth-order valence-electron chi connectivity index (χ4n) is 4.83. The lowest BCUT2D eigenvalue weighted by Crippen LogP contribution is -2.55. The number of nitrogens with two attached hydrogens (primary N) is 1. The van der Waals surface area contributed by atoms with Gasteiger partial charge in [0, 0.05) is 26.6 Å². The summed E-state index contributed by atoms with van der Waals surface area (Å²) in [6.45, 7) is 4.10. The molecule has 10 heteroatoms. The number of ether oxygens (including phenoxy) is 5. The summed E-state index contributed by atoms with van der Waals surface area (Å²) < 4.78 is 29.2. The van der Waals surface area contributed by atoms with E-state index in [9.17, 15) is 9.59 Å². The van der Waals surface area contributed by atoms with Gasteiger partial charge in [-0.15, -0.1) is 0 Å². The quantitative estimate of drug-likeness (QED) is 0.501. The number of primary amides is 1. The highest BCUT2D eigenvalue weighted by molar-refractivity contribution is 5.78. The third kappa shape index (κ3) is 6.40. The molecule has 3 amide bonds. The van der Waals surface area contributed by atoms with Crippen LogP contribution >= 0.6 is 0 Å². The minimum atomic E-state index is -0.841. The smallest absolute Gasteiger partial charge is 0.318 e. The molecule has 2 fully saturated rings. The first-order valence-corrected chi connectivity index (χ1v) is 12.2. The zero-order valence-electron chi connectivity index (χ0n) is 21.6. The predicted octanol–water partition coefficient (Wildman–Crippen LogP) is 2.54. The lowest BCUT2D eigenvalue weighted by atomic mass is 9.98. The number of hydrogen-bond acceptors (Lipinski definition) is 7. The number of nitrogens with zero attached hydrogens (tertiary/aromatic N) is 1. The third-order valence-electron chi connectivity index (χ3n) is 6.55. The van der Waals surface area contributed by atoms with Crippen LogP contribution in [0.4, 0.5) is 4.79 Å². The van der Waals surface area contributed by atoms with Gasteiger partial charge in [0.1, 0.15) is 24.1 Å². The molecule has 2 heterocycles. The van der Waals surface area contributed by atoms with Crippen molar-refractivity contribution in [3.63, 3.8) is 0 Å². The van der Waals surface area contributed by atoms with Gasteiger partial charge in [0.25, 0.3) is 0 Å². The van der Waals surface area contributed by atoms with E-state index in [1.165, 1.54) is 0 Å². The second-order valence-electron chi connectivity index (χ2n) is 9.63. The summed E-state index contributed by atoms with van der Waals surface area (Å²) >= 11 is 0. The van der Waals surface area contributed by atoms with Crippen LogP contribution in [0.2, 0.25) is 0 Å². The average molecular weight is 514 g/mol. The van der Waals surface area contributed by atoms with Gasteiger partial charge >= 0.3 is 6.03 Å². The number of hydrogen-bond donors (Lipinski definition) is 2. The molecule has 0 unspecified atom stereocenters. The number of carbonyl (C=O) groups excluding carboxylic acids is 2. The monoisotopic (exact) mass is 513 g/mol. The van der Waals surface area contributed by atoms with E-state index >= 15 is 0 Å². The van der Waals surface area contributed by atoms with Crippen molar-refractivity contribution in [2.24, 2.45) is 5.73 Å². The molecule has 2 aliphatic rings. The van der Waals surface area contributed by atoms with Crippen LogP contribution in [0.25, 0.3) is 0 Å². The van der Waals surface area contributed by atoms with E-state index in [1.807, 2.05) is 54.6 Å². The Morgan fingerprint density at radius 1 is 1.05 bits per heavy atom. The molecular formula is C27H35N3O7. The summed E-state index contributed by atoms with van der Waals surface area (Å²) in [4.78, 5) is 27.5. The molecule has 0 bridgehead atoms. The SMILES string of the molecule is COc1ccc(CN(C(=O)NCc2ccccc2)[C@@H](CC(N)=O)[C@H]2O[C@@H]3OC(C)(C)O[C@@H]3[C@H]2OC)cc1. The van der Waals surface area contributed by atoms with E-state index in [0.717, 1.165) is 11.1 Å². The van der Waals surface area contributed by atoms with Gasteiger partial charge in [-0.05, 0) is 37.1 Å². The first kappa shape index (κ1) is 26.9. The molecule has 2 aromatic rings. The third-order valence-corrected chi connectivity index (χ3v) is 6.55. The maximum atomic E-state index is 13.6. The van der Waals surface area contributed by atoms with Crippen LogP contribution < -0.4 is 15.8 Å².